The van der Waals surface area contributed by atoms with Gasteiger partial charge < -0.3 is 5.73 Å². The van der Waals surface area contributed by atoms with Crippen molar-refractivity contribution in [2.45, 2.75) is 50.8 Å². The van der Waals surface area contributed by atoms with Gasteiger partial charge in [0.05, 0.1) is 0 Å². The van der Waals surface area contributed by atoms with Gasteiger partial charge in [0.25, 0.3) is 0 Å². The number of alkyl halides is 1. The summed E-state index contributed by atoms with van der Waals surface area (Å²) in [4.78, 5) is 0. The third-order valence-electron chi connectivity index (χ3n) is 1.81. The van der Waals surface area contributed by atoms with Crippen molar-refractivity contribution in [3.05, 3.63) is 0 Å². The maximum atomic E-state index is 5.80. The van der Waals surface area contributed by atoms with Crippen LogP contribution >= 0.6 is 24.0 Å². The summed E-state index contributed by atoms with van der Waals surface area (Å²) in [7, 11) is 0. The number of rotatable bonds is 7. The van der Waals surface area contributed by atoms with Gasteiger partial charge in [-0.15, -0.1) is 24.0 Å². The Balaban J connectivity index is 0. The highest BCUT2D eigenvalue weighted by Crippen LogP contribution is 2.09. The number of nitrogens with two attached hydrogens (primary N) is 1. The van der Waals surface area contributed by atoms with Crippen LogP contribution in [0.25, 0.3) is 0 Å². The molecule has 1 nitrogen and oxygen atoms in total. The fraction of sp³-hybridized carbons (Fsp3) is 1.00. The van der Waals surface area contributed by atoms with E-state index in [9.17, 15) is 0 Å². The number of hydrogen-bond donors (Lipinski definition) is 1. The second-order valence-corrected chi connectivity index (χ2v) is 3.87. The molecule has 0 heterocycles. The quantitative estimate of drug-likeness (QED) is 0.510. The van der Waals surface area contributed by atoms with E-state index in [1.165, 1.54) is 32.1 Å². The highest BCUT2D eigenvalue weighted by atomic mass is 35.5. The Morgan fingerprint density at radius 2 is 1.58 bits per heavy atom. The largest absolute Gasteiger partial charge is 0.330 e. The lowest BCUT2D eigenvalue weighted by Crippen LogP contribution is -1.97. The summed E-state index contributed by atoms with van der Waals surface area (Å²) in [6.07, 6.45) is 7.53. The first-order chi connectivity index (χ1) is 5.27. The molecule has 0 saturated heterocycles. The fourth-order valence-corrected chi connectivity index (χ4v) is 1.25. The normalized spacial score (nSPS) is 12.2. The van der Waals surface area contributed by atoms with Gasteiger partial charge >= 0.3 is 0 Å². The Kier molecular flexibility index (Phi) is 14.5. The van der Waals surface area contributed by atoms with Crippen molar-refractivity contribution in [2.75, 3.05) is 6.54 Å². The third kappa shape index (κ3) is 13.2. The van der Waals surface area contributed by atoms with Crippen LogP contribution in [0.3, 0.4) is 0 Å². The van der Waals surface area contributed by atoms with Crippen molar-refractivity contribution < 1.29 is 0 Å². The van der Waals surface area contributed by atoms with Crippen LogP contribution in [-0.4, -0.2) is 11.9 Å². The average molecular weight is 214 g/mol. The highest BCUT2D eigenvalue weighted by molar-refractivity contribution is 6.20. The van der Waals surface area contributed by atoms with Gasteiger partial charge in [0.2, 0.25) is 0 Å². The maximum absolute atomic E-state index is 5.80. The first kappa shape index (κ1) is 15.0. The van der Waals surface area contributed by atoms with Crippen LogP contribution in [0.5, 0.6) is 0 Å². The first-order valence-corrected chi connectivity index (χ1v) is 5.05. The van der Waals surface area contributed by atoms with Crippen molar-refractivity contribution in [3.63, 3.8) is 0 Å². The summed E-state index contributed by atoms with van der Waals surface area (Å²) in [5, 5.41) is 0.351. The topological polar surface area (TPSA) is 26.0 Å². The molecule has 0 amide bonds. The zero-order chi connectivity index (χ0) is 8.53. The summed E-state index contributed by atoms with van der Waals surface area (Å²) < 4.78 is 0. The molecule has 0 aliphatic carbocycles. The molecule has 1 atom stereocenters. The van der Waals surface area contributed by atoms with Crippen LogP contribution in [0.1, 0.15) is 45.4 Å². The van der Waals surface area contributed by atoms with E-state index in [2.05, 4.69) is 6.92 Å². The Morgan fingerprint density at radius 1 is 1.08 bits per heavy atom. The lowest BCUT2D eigenvalue weighted by Gasteiger charge is -2.01. The molecule has 0 spiro atoms. The third-order valence-corrected chi connectivity index (χ3v) is 2.02. The summed E-state index contributed by atoms with van der Waals surface area (Å²) >= 11 is 5.80. The number of hydrogen-bond acceptors (Lipinski definition) is 1. The van der Waals surface area contributed by atoms with Gasteiger partial charge in [-0.25, -0.2) is 0 Å². The van der Waals surface area contributed by atoms with E-state index in [1.807, 2.05) is 0 Å². The predicted octanol–water partition coefficient (Wildman–Crippen LogP) is 3.33. The Hall–Kier alpha value is 0.540. The van der Waals surface area contributed by atoms with E-state index >= 15 is 0 Å². The number of halogens is 2. The Morgan fingerprint density at radius 3 is 2.08 bits per heavy atom. The molecule has 0 saturated carbocycles. The fourth-order valence-electron chi connectivity index (χ4n) is 1.10. The molecule has 0 aromatic carbocycles. The minimum absolute atomic E-state index is 0. The summed E-state index contributed by atoms with van der Waals surface area (Å²) in [6, 6.07) is 0. The zero-order valence-electron chi connectivity index (χ0n) is 7.89. The van der Waals surface area contributed by atoms with E-state index in [4.69, 9.17) is 17.3 Å². The molecule has 0 bridgehead atoms. The van der Waals surface area contributed by atoms with Crippen molar-refractivity contribution in [2.24, 2.45) is 5.73 Å². The second kappa shape index (κ2) is 11.5. The van der Waals surface area contributed by atoms with Crippen LogP contribution < -0.4 is 5.73 Å². The molecule has 0 rings (SSSR count). The molecule has 0 fully saturated rings. The predicted molar refractivity (Wildman–Crippen MR) is 59.3 cm³/mol. The summed E-state index contributed by atoms with van der Waals surface area (Å²) in [5.41, 5.74) is 5.37. The van der Waals surface area contributed by atoms with Crippen LogP contribution in [-0.2, 0) is 0 Å². The van der Waals surface area contributed by atoms with Gasteiger partial charge in [-0.2, -0.15) is 0 Å². The summed E-state index contributed by atoms with van der Waals surface area (Å²) in [5.74, 6) is 0. The molecule has 1 unspecified atom stereocenters. The first-order valence-electron chi connectivity index (χ1n) is 4.61. The van der Waals surface area contributed by atoms with Crippen LogP contribution in [0.4, 0.5) is 0 Å². The minimum atomic E-state index is 0. The molecular weight excluding hydrogens is 193 g/mol. The SMILES string of the molecule is CC(Cl)CCCCCCCN.Cl. The van der Waals surface area contributed by atoms with E-state index in [-0.39, 0.29) is 12.4 Å². The van der Waals surface area contributed by atoms with Crippen LogP contribution in [0.2, 0.25) is 0 Å². The average Bonchev–Trinajstić information content (AvgIpc) is 1.96. The Labute approximate surface area is 87.5 Å². The molecule has 2 N–H and O–H groups in total. The van der Waals surface area contributed by atoms with Gasteiger partial charge in [0, 0.05) is 5.38 Å². The molecule has 3 heteroatoms. The molecule has 0 aromatic heterocycles. The molecule has 76 valence electrons. The van der Waals surface area contributed by atoms with Gasteiger partial charge in [-0.1, -0.05) is 25.7 Å². The van der Waals surface area contributed by atoms with E-state index in [0.717, 1.165) is 13.0 Å². The lowest BCUT2D eigenvalue weighted by atomic mass is 10.1. The standard InChI is InChI=1S/C9H20ClN.ClH/c1-9(10)7-5-3-2-4-6-8-11;/h9H,2-8,11H2,1H3;1H. The molecular formula is C9H21Cl2N. The van der Waals surface area contributed by atoms with Gasteiger partial charge in [-0.05, 0) is 26.3 Å². The summed E-state index contributed by atoms with van der Waals surface area (Å²) in [6.45, 7) is 2.90. The van der Waals surface area contributed by atoms with Crippen molar-refractivity contribution in [1.82, 2.24) is 0 Å². The van der Waals surface area contributed by atoms with Crippen LogP contribution in [0.15, 0.2) is 0 Å². The molecule has 0 aliphatic rings. The van der Waals surface area contributed by atoms with Crippen molar-refractivity contribution in [3.8, 4) is 0 Å². The van der Waals surface area contributed by atoms with E-state index < -0.39 is 0 Å². The Bertz CT molecular complexity index is 76.9. The van der Waals surface area contributed by atoms with Crippen molar-refractivity contribution >= 4 is 24.0 Å². The van der Waals surface area contributed by atoms with Gasteiger partial charge in [0.1, 0.15) is 0 Å². The van der Waals surface area contributed by atoms with Crippen molar-refractivity contribution in [1.29, 1.82) is 0 Å². The second-order valence-electron chi connectivity index (χ2n) is 3.13. The van der Waals surface area contributed by atoms with E-state index in [1.54, 1.807) is 0 Å². The smallest absolute Gasteiger partial charge is 0.0307 e. The monoisotopic (exact) mass is 213 g/mol. The molecule has 0 radical (unpaired) electrons. The highest BCUT2D eigenvalue weighted by Gasteiger charge is 1.95. The van der Waals surface area contributed by atoms with Crippen LogP contribution in [0, 0.1) is 0 Å². The lowest BCUT2D eigenvalue weighted by molar-refractivity contribution is 0.595. The molecule has 12 heavy (non-hydrogen) atoms. The van der Waals surface area contributed by atoms with Gasteiger partial charge in [-0.3, -0.25) is 0 Å². The molecule has 0 aliphatic heterocycles. The van der Waals surface area contributed by atoms with Gasteiger partial charge in [0.15, 0.2) is 0 Å². The van der Waals surface area contributed by atoms with E-state index in [0.29, 0.717) is 5.38 Å². The number of unbranched alkanes of at least 4 members (excludes halogenated alkanes) is 4. The zero-order valence-corrected chi connectivity index (χ0v) is 9.46. The minimum Gasteiger partial charge on any atom is -0.330 e. The maximum Gasteiger partial charge on any atom is 0.0307 e. The molecule has 0 aromatic rings.